The molecule has 3 aromatic rings. The Morgan fingerprint density at radius 3 is 3.00 bits per heavy atom. The van der Waals surface area contributed by atoms with Crippen LogP contribution < -0.4 is 4.74 Å². The number of hydrogen-bond donors (Lipinski definition) is 1. The van der Waals surface area contributed by atoms with E-state index in [1.54, 1.807) is 6.07 Å². The van der Waals surface area contributed by atoms with Crippen LogP contribution >= 0.6 is 11.6 Å². The van der Waals surface area contributed by atoms with Crippen molar-refractivity contribution < 1.29 is 9.13 Å². The van der Waals surface area contributed by atoms with Crippen LogP contribution in [-0.2, 0) is 12.8 Å². The molecule has 0 amide bonds. The topological polar surface area (TPSA) is 50.8 Å². The number of rotatable bonds is 0. The molecule has 0 spiro atoms. The number of fused-ring (bicyclic) bond motifs is 3. The molecule has 1 aromatic carbocycles. The van der Waals surface area contributed by atoms with Gasteiger partial charge in [0.15, 0.2) is 11.6 Å². The number of halogens is 2. The molecule has 0 bridgehead atoms. The standard InChI is InChI=1S/C16H13ClFN3O/c1-8-5-11-12(21-8)6-9-3-2-4-10-15(17)19-7-20-16(10)22-14(9)13(11)18/h5-7,21H,2-4H2,1H3. The second kappa shape index (κ2) is 4.95. The molecule has 1 aliphatic heterocycles. The molecule has 0 atom stereocenters. The highest BCUT2D eigenvalue weighted by Crippen LogP contribution is 2.38. The van der Waals surface area contributed by atoms with E-state index >= 15 is 0 Å². The largest absolute Gasteiger partial charge is 0.435 e. The Kier molecular flexibility index (Phi) is 3.04. The molecule has 0 unspecified atom stereocenters. The Balaban J connectivity index is 1.94. The third-order valence-corrected chi connectivity index (χ3v) is 4.28. The lowest BCUT2D eigenvalue weighted by molar-refractivity contribution is 0.412. The van der Waals surface area contributed by atoms with E-state index < -0.39 is 0 Å². The van der Waals surface area contributed by atoms with E-state index in [1.165, 1.54) is 6.33 Å². The number of nitrogens with one attached hydrogen (secondary N) is 1. The van der Waals surface area contributed by atoms with Gasteiger partial charge in [0.2, 0.25) is 5.88 Å². The van der Waals surface area contributed by atoms with Crippen molar-refractivity contribution in [2.24, 2.45) is 0 Å². The van der Waals surface area contributed by atoms with E-state index in [0.717, 1.165) is 28.8 Å². The van der Waals surface area contributed by atoms with Gasteiger partial charge in [0, 0.05) is 22.2 Å². The quantitative estimate of drug-likeness (QED) is 0.627. The fraction of sp³-hybridized carbons (Fsp3) is 0.250. The Labute approximate surface area is 131 Å². The van der Waals surface area contributed by atoms with Crippen LogP contribution in [0.25, 0.3) is 10.9 Å². The maximum Gasteiger partial charge on any atom is 0.227 e. The summed E-state index contributed by atoms with van der Waals surface area (Å²) >= 11 is 6.10. The van der Waals surface area contributed by atoms with Crippen LogP contribution in [0.2, 0.25) is 5.15 Å². The lowest BCUT2D eigenvalue weighted by atomic mass is 10.0. The summed E-state index contributed by atoms with van der Waals surface area (Å²) in [5, 5.41) is 0.894. The minimum absolute atomic E-state index is 0.238. The molecule has 4 nitrogen and oxygen atoms in total. The highest BCUT2D eigenvalue weighted by molar-refractivity contribution is 6.30. The third kappa shape index (κ3) is 2.04. The molecule has 0 aliphatic carbocycles. The van der Waals surface area contributed by atoms with Gasteiger partial charge in [-0.05, 0) is 38.3 Å². The van der Waals surface area contributed by atoms with Gasteiger partial charge in [0.25, 0.3) is 0 Å². The molecule has 4 rings (SSSR count). The number of benzene rings is 1. The van der Waals surface area contributed by atoms with Crippen molar-refractivity contribution >= 4 is 22.5 Å². The van der Waals surface area contributed by atoms with Crippen LogP contribution in [0.3, 0.4) is 0 Å². The molecule has 0 radical (unpaired) electrons. The maximum absolute atomic E-state index is 14.9. The van der Waals surface area contributed by atoms with Crippen LogP contribution in [0.5, 0.6) is 11.6 Å². The van der Waals surface area contributed by atoms with Crippen LogP contribution in [0.1, 0.15) is 23.2 Å². The summed E-state index contributed by atoms with van der Waals surface area (Å²) in [6.07, 6.45) is 3.59. The number of aryl methyl sites for hydroxylation is 2. The maximum atomic E-state index is 14.9. The molecular formula is C16H13ClFN3O. The summed E-state index contributed by atoms with van der Waals surface area (Å²) in [6.45, 7) is 1.90. The number of nitrogens with zero attached hydrogens (tertiary/aromatic N) is 2. The molecule has 0 saturated carbocycles. The average molecular weight is 318 g/mol. The van der Waals surface area contributed by atoms with Crippen molar-refractivity contribution in [3.8, 4) is 11.6 Å². The predicted octanol–water partition coefficient (Wildman–Crippen LogP) is 4.34. The molecule has 1 N–H and O–H groups in total. The summed E-state index contributed by atoms with van der Waals surface area (Å²) in [4.78, 5) is 11.3. The van der Waals surface area contributed by atoms with Gasteiger partial charge in [-0.25, -0.2) is 14.4 Å². The Morgan fingerprint density at radius 1 is 1.27 bits per heavy atom. The van der Waals surface area contributed by atoms with E-state index in [1.807, 2.05) is 13.0 Å². The molecular weight excluding hydrogens is 305 g/mol. The minimum atomic E-state index is -0.362. The lowest BCUT2D eigenvalue weighted by Gasteiger charge is -2.18. The highest BCUT2D eigenvalue weighted by Gasteiger charge is 2.22. The first-order valence-electron chi connectivity index (χ1n) is 7.11. The minimum Gasteiger partial charge on any atom is -0.435 e. The van der Waals surface area contributed by atoms with Crippen molar-refractivity contribution in [1.29, 1.82) is 0 Å². The van der Waals surface area contributed by atoms with Gasteiger partial charge in [0.1, 0.15) is 11.5 Å². The summed E-state index contributed by atoms with van der Waals surface area (Å²) in [7, 11) is 0. The molecule has 2 aromatic heterocycles. The van der Waals surface area contributed by atoms with Gasteiger partial charge in [-0.3, -0.25) is 0 Å². The van der Waals surface area contributed by atoms with Crippen LogP contribution in [0, 0.1) is 12.7 Å². The monoisotopic (exact) mass is 317 g/mol. The van der Waals surface area contributed by atoms with Gasteiger partial charge in [0.05, 0.1) is 5.56 Å². The molecule has 112 valence electrons. The van der Waals surface area contributed by atoms with Gasteiger partial charge in [-0.1, -0.05) is 11.6 Å². The first-order chi connectivity index (χ1) is 10.6. The smallest absolute Gasteiger partial charge is 0.227 e. The first-order valence-corrected chi connectivity index (χ1v) is 7.49. The van der Waals surface area contributed by atoms with E-state index in [9.17, 15) is 4.39 Å². The Morgan fingerprint density at radius 2 is 2.14 bits per heavy atom. The molecule has 3 heterocycles. The van der Waals surface area contributed by atoms with E-state index in [4.69, 9.17) is 16.3 Å². The average Bonchev–Trinajstić information content (AvgIpc) is 2.83. The number of hydrogen-bond acceptors (Lipinski definition) is 3. The number of H-pyrrole nitrogens is 1. The van der Waals surface area contributed by atoms with Crippen molar-refractivity contribution in [2.75, 3.05) is 0 Å². The third-order valence-electron chi connectivity index (χ3n) is 3.95. The molecule has 6 heteroatoms. The molecule has 22 heavy (non-hydrogen) atoms. The van der Waals surface area contributed by atoms with Gasteiger partial charge < -0.3 is 9.72 Å². The highest BCUT2D eigenvalue weighted by atomic mass is 35.5. The first kappa shape index (κ1) is 13.5. The van der Waals surface area contributed by atoms with Gasteiger partial charge in [-0.2, -0.15) is 0 Å². The van der Waals surface area contributed by atoms with Crippen molar-refractivity contribution in [3.05, 3.63) is 46.3 Å². The van der Waals surface area contributed by atoms with E-state index in [-0.39, 0.29) is 11.6 Å². The van der Waals surface area contributed by atoms with Crippen molar-refractivity contribution in [1.82, 2.24) is 15.0 Å². The normalized spacial score (nSPS) is 14.0. The lowest BCUT2D eigenvalue weighted by Crippen LogP contribution is -2.06. The van der Waals surface area contributed by atoms with Crippen molar-refractivity contribution in [3.63, 3.8) is 0 Å². The SMILES string of the molecule is Cc1cc2c(F)c3c(cc2[nH]1)CCCc1c(Cl)ncnc1O3. The summed E-state index contributed by atoms with van der Waals surface area (Å²) in [5.74, 6) is 0.216. The fourth-order valence-corrected chi connectivity index (χ4v) is 3.15. The molecule has 0 saturated heterocycles. The Hall–Kier alpha value is -2.14. The van der Waals surface area contributed by atoms with Crippen LogP contribution in [0.4, 0.5) is 4.39 Å². The van der Waals surface area contributed by atoms with E-state index in [0.29, 0.717) is 29.3 Å². The zero-order valence-corrected chi connectivity index (χ0v) is 12.7. The summed E-state index contributed by atoms with van der Waals surface area (Å²) in [5.41, 5.74) is 3.28. The van der Waals surface area contributed by atoms with Crippen LogP contribution in [0.15, 0.2) is 18.5 Å². The van der Waals surface area contributed by atoms with E-state index in [2.05, 4.69) is 15.0 Å². The predicted molar refractivity (Wildman–Crippen MR) is 82.1 cm³/mol. The van der Waals surface area contributed by atoms with Gasteiger partial charge in [-0.15, -0.1) is 0 Å². The second-order valence-corrected chi connectivity index (χ2v) is 5.85. The number of ether oxygens (including phenoxy) is 1. The van der Waals surface area contributed by atoms with Crippen molar-refractivity contribution in [2.45, 2.75) is 26.2 Å². The number of aromatic amines is 1. The molecule has 1 aliphatic rings. The molecule has 0 fully saturated rings. The summed E-state index contributed by atoms with van der Waals surface area (Å²) in [6, 6.07) is 3.73. The zero-order valence-electron chi connectivity index (χ0n) is 11.9. The Bertz CT molecular complexity index is 891. The van der Waals surface area contributed by atoms with Crippen LogP contribution in [-0.4, -0.2) is 15.0 Å². The number of aromatic nitrogens is 3. The fourth-order valence-electron chi connectivity index (χ4n) is 2.93. The van der Waals surface area contributed by atoms with Gasteiger partial charge >= 0.3 is 0 Å². The zero-order chi connectivity index (χ0) is 15.3. The summed E-state index contributed by atoms with van der Waals surface area (Å²) < 4.78 is 20.6. The second-order valence-electron chi connectivity index (χ2n) is 5.50.